The first kappa shape index (κ1) is 13.3. The fraction of sp³-hybridized carbons (Fsp3) is 0.0769. The molecule has 1 aromatic heterocycles. The maximum Gasteiger partial charge on any atom is 0.142 e. The van der Waals surface area contributed by atoms with Crippen molar-refractivity contribution in [3.05, 3.63) is 41.0 Å². The lowest BCUT2D eigenvalue weighted by Crippen LogP contribution is -2.25. The Hall–Kier alpha value is -2.11. The van der Waals surface area contributed by atoms with Gasteiger partial charge in [0.05, 0.1) is 0 Å². The van der Waals surface area contributed by atoms with Gasteiger partial charge in [-0.3, -0.25) is 5.01 Å². The Morgan fingerprint density at radius 2 is 2.11 bits per heavy atom. The van der Waals surface area contributed by atoms with Crippen LogP contribution in [0.15, 0.2) is 30.5 Å². The SMILES string of the molecule is CN(N)c1ccc(-c2cc(Cl)cc(N)c2C=N)cn1. The predicted octanol–water partition coefficient (Wildman–Crippen LogP) is 2.29. The first-order valence-electron chi connectivity index (χ1n) is 5.57. The van der Waals surface area contributed by atoms with E-state index in [1.54, 1.807) is 31.4 Å². The highest BCUT2D eigenvalue weighted by Gasteiger charge is 2.09. The van der Waals surface area contributed by atoms with Crippen LogP contribution in [0.25, 0.3) is 11.1 Å². The number of aromatic nitrogens is 1. The summed E-state index contributed by atoms with van der Waals surface area (Å²) in [7, 11) is 1.71. The number of hydrazine groups is 1. The second-order valence-electron chi connectivity index (χ2n) is 4.12. The Morgan fingerprint density at radius 1 is 1.37 bits per heavy atom. The lowest BCUT2D eigenvalue weighted by Gasteiger charge is -2.13. The van der Waals surface area contributed by atoms with Crippen LogP contribution in [-0.2, 0) is 0 Å². The fourth-order valence-electron chi connectivity index (χ4n) is 1.79. The van der Waals surface area contributed by atoms with Crippen molar-refractivity contribution in [3.8, 4) is 11.1 Å². The first-order chi connectivity index (χ1) is 9.02. The fourth-order valence-corrected chi connectivity index (χ4v) is 2.02. The number of benzene rings is 1. The van der Waals surface area contributed by atoms with Gasteiger partial charge in [-0.2, -0.15) is 0 Å². The highest BCUT2D eigenvalue weighted by atomic mass is 35.5. The average Bonchev–Trinajstić information content (AvgIpc) is 2.38. The minimum atomic E-state index is 0.470. The van der Waals surface area contributed by atoms with E-state index in [0.29, 0.717) is 22.1 Å². The molecule has 0 aliphatic carbocycles. The average molecular weight is 276 g/mol. The molecule has 1 heterocycles. The molecule has 0 unspecified atom stereocenters. The van der Waals surface area contributed by atoms with E-state index >= 15 is 0 Å². The summed E-state index contributed by atoms with van der Waals surface area (Å²) in [6, 6.07) is 7.05. The standard InChI is InChI=1S/C13H14ClN5/c1-19(17)13-3-2-8(7-18-13)10-4-9(14)5-12(16)11(10)6-15/h2-7,15H,16-17H2,1H3. The number of nitrogens with zero attached hydrogens (tertiary/aromatic N) is 2. The molecule has 0 fully saturated rings. The summed E-state index contributed by atoms with van der Waals surface area (Å²) >= 11 is 6.01. The molecule has 0 amide bonds. The number of nitrogen functional groups attached to an aromatic ring is 1. The van der Waals surface area contributed by atoms with Crippen molar-refractivity contribution in [2.45, 2.75) is 0 Å². The molecule has 0 aliphatic rings. The molecule has 98 valence electrons. The van der Waals surface area contributed by atoms with Crippen LogP contribution in [0.1, 0.15) is 5.56 Å². The maximum atomic E-state index is 7.46. The molecule has 0 saturated carbocycles. The van der Waals surface area contributed by atoms with Crippen LogP contribution < -0.4 is 16.6 Å². The lowest BCUT2D eigenvalue weighted by molar-refractivity contribution is 0.978. The first-order valence-corrected chi connectivity index (χ1v) is 5.95. The van der Waals surface area contributed by atoms with Gasteiger partial charge in [0.15, 0.2) is 0 Å². The molecular weight excluding hydrogens is 262 g/mol. The predicted molar refractivity (Wildman–Crippen MR) is 79.6 cm³/mol. The molecule has 19 heavy (non-hydrogen) atoms. The van der Waals surface area contributed by atoms with Crippen molar-refractivity contribution in [1.29, 1.82) is 5.41 Å². The molecule has 5 nitrogen and oxygen atoms in total. The van der Waals surface area contributed by atoms with Crippen molar-refractivity contribution < 1.29 is 0 Å². The number of anilines is 2. The second kappa shape index (κ2) is 5.26. The van der Waals surface area contributed by atoms with E-state index in [2.05, 4.69) is 4.98 Å². The molecule has 2 rings (SSSR count). The zero-order valence-corrected chi connectivity index (χ0v) is 11.1. The Kier molecular flexibility index (Phi) is 3.69. The van der Waals surface area contributed by atoms with Gasteiger partial charge in [0.2, 0.25) is 0 Å². The molecule has 1 aromatic carbocycles. The summed E-state index contributed by atoms with van der Waals surface area (Å²) in [4.78, 5) is 4.23. The van der Waals surface area contributed by atoms with E-state index in [0.717, 1.165) is 11.1 Å². The second-order valence-corrected chi connectivity index (χ2v) is 4.55. The lowest BCUT2D eigenvalue weighted by atomic mass is 10.0. The van der Waals surface area contributed by atoms with E-state index in [1.165, 1.54) is 11.2 Å². The van der Waals surface area contributed by atoms with Crippen LogP contribution >= 0.6 is 11.6 Å². The zero-order chi connectivity index (χ0) is 14.0. The zero-order valence-electron chi connectivity index (χ0n) is 10.4. The topological polar surface area (TPSA) is 92.0 Å². The van der Waals surface area contributed by atoms with Gasteiger partial charge < -0.3 is 11.1 Å². The summed E-state index contributed by atoms with van der Waals surface area (Å²) in [6.07, 6.45) is 2.89. The number of rotatable bonds is 3. The smallest absolute Gasteiger partial charge is 0.142 e. The molecule has 0 spiro atoms. The minimum absolute atomic E-state index is 0.470. The van der Waals surface area contributed by atoms with Crippen molar-refractivity contribution in [1.82, 2.24) is 4.98 Å². The van der Waals surface area contributed by atoms with E-state index in [9.17, 15) is 0 Å². The van der Waals surface area contributed by atoms with Gasteiger partial charge in [0, 0.05) is 41.3 Å². The van der Waals surface area contributed by atoms with Crippen LogP contribution in [-0.4, -0.2) is 18.2 Å². The molecule has 5 N–H and O–H groups in total. The van der Waals surface area contributed by atoms with Gasteiger partial charge in [-0.15, -0.1) is 0 Å². The van der Waals surface area contributed by atoms with E-state index in [1.807, 2.05) is 6.07 Å². The normalized spacial score (nSPS) is 10.3. The van der Waals surface area contributed by atoms with Crippen molar-refractivity contribution in [2.24, 2.45) is 5.84 Å². The Balaban J connectivity index is 2.55. The Bertz CT molecular complexity index is 607. The third-order valence-corrected chi connectivity index (χ3v) is 2.96. The monoisotopic (exact) mass is 275 g/mol. The molecular formula is C13H14ClN5. The molecule has 0 bridgehead atoms. The Morgan fingerprint density at radius 3 is 2.63 bits per heavy atom. The molecule has 0 saturated heterocycles. The van der Waals surface area contributed by atoms with Gasteiger partial charge in [-0.25, -0.2) is 10.8 Å². The van der Waals surface area contributed by atoms with Gasteiger partial charge in [0.1, 0.15) is 5.82 Å². The van der Waals surface area contributed by atoms with Gasteiger partial charge >= 0.3 is 0 Å². The van der Waals surface area contributed by atoms with Gasteiger partial charge in [-0.05, 0) is 29.8 Å². The number of hydrogen-bond acceptors (Lipinski definition) is 5. The van der Waals surface area contributed by atoms with E-state index < -0.39 is 0 Å². The highest BCUT2D eigenvalue weighted by Crippen LogP contribution is 2.30. The van der Waals surface area contributed by atoms with Crippen LogP contribution in [0.4, 0.5) is 11.5 Å². The van der Waals surface area contributed by atoms with Crippen LogP contribution in [0.2, 0.25) is 5.02 Å². The minimum Gasteiger partial charge on any atom is -0.398 e. The number of halogens is 1. The van der Waals surface area contributed by atoms with Crippen molar-refractivity contribution in [3.63, 3.8) is 0 Å². The maximum absolute atomic E-state index is 7.46. The number of pyridine rings is 1. The number of nitrogens with one attached hydrogen (secondary N) is 1. The third kappa shape index (κ3) is 2.67. The third-order valence-electron chi connectivity index (χ3n) is 2.74. The van der Waals surface area contributed by atoms with Crippen molar-refractivity contribution in [2.75, 3.05) is 17.8 Å². The van der Waals surface area contributed by atoms with Crippen LogP contribution in [0.5, 0.6) is 0 Å². The summed E-state index contributed by atoms with van der Waals surface area (Å²) in [6.45, 7) is 0. The molecule has 0 atom stereocenters. The number of nitrogens with two attached hydrogens (primary N) is 2. The van der Waals surface area contributed by atoms with Crippen LogP contribution in [0.3, 0.4) is 0 Å². The van der Waals surface area contributed by atoms with E-state index in [-0.39, 0.29) is 0 Å². The van der Waals surface area contributed by atoms with Gasteiger partial charge in [-0.1, -0.05) is 11.6 Å². The van der Waals surface area contributed by atoms with E-state index in [4.69, 9.17) is 28.6 Å². The summed E-state index contributed by atoms with van der Waals surface area (Å²) < 4.78 is 0. The number of hydrogen-bond donors (Lipinski definition) is 3. The quantitative estimate of drug-likeness (QED) is 0.347. The molecule has 0 aliphatic heterocycles. The highest BCUT2D eigenvalue weighted by molar-refractivity contribution is 6.31. The summed E-state index contributed by atoms with van der Waals surface area (Å²) in [5.74, 6) is 6.25. The Labute approximate surface area is 116 Å². The molecule has 2 aromatic rings. The molecule has 6 heteroatoms. The van der Waals surface area contributed by atoms with Gasteiger partial charge in [0.25, 0.3) is 0 Å². The van der Waals surface area contributed by atoms with Crippen LogP contribution in [0, 0.1) is 5.41 Å². The summed E-state index contributed by atoms with van der Waals surface area (Å²) in [5, 5.41) is 9.41. The largest absolute Gasteiger partial charge is 0.398 e. The summed E-state index contributed by atoms with van der Waals surface area (Å²) in [5.41, 5.74) is 8.57. The van der Waals surface area contributed by atoms with Crippen molar-refractivity contribution >= 4 is 29.3 Å². The molecule has 0 radical (unpaired) electrons.